The standard InChI is InChI=1S/C21H23ClN4O6S/c1-25(12-19-23-21(24-32-19)15-7-5-6-8-16(15)22)20(27)13-26(2)33(28,29)14-9-10-17(30-3)18(11-14)31-4/h5-11H,12-13H2,1-4H3. The number of benzene rings is 2. The summed E-state index contributed by atoms with van der Waals surface area (Å²) in [5.41, 5.74) is 0.601. The summed E-state index contributed by atoms with van der Waals surface area (Å²) in [6.07, 6.45) is 0. The second-order valence-electron chi connectivity index (χ2n) is 7.02. The Bertz CT molecular complexity index is 1250. The highest BCUT2D eigenvalue weighted by Crippen LogP contribution is 2.30. The predicted octanol–water partition coefficient (Wildman–Crippen LogP) is 2.69. The number of hydrogen-bond donors (Lipinski definition) is 0. The number of halogens is 1. The van der Waals surface area contributed by atoms with Crippen LogP contribution in [0.15, 0.2) is 51.9 Å². The van der Waals surface area contributed by atoms with Gasteiger partial charge in [0.15, 0.2) is 11.5 Å². The van der Waals surface area contributed by atoms with Crippen molar-refractivity contribution in [3.8, 4) is 22.9 Å². The van der Waals surface area contributed by atoms with Gasteiger partial charge in [0, 0.05) is 25.7 Å². The van der Waals surface area contributed by atoms with E-state index in [1.165, 1.54) is 51.4 Å². The lowest BCUT2D eigenvalue weighted by Gasteiger charge is -2.21. The fraction of sp³-hybridized carbons (Fsp3) is 0.286. The first-order valence-corrected chi connectivity index (χ1v) is 11.5. The maximum Gasteiger partial charge on any atom is 0.246 e. The van der Waals surface area contributed by atoms with Crippen molar-refractivity contribution in [1.82, 2.24) is 19.3 Å². The first-order valence-electron chi connectivity index (χ1n) is 9.67. The molecule has 0 aliphatic heterocycles. The van der Waals surface area contributed by atoms with Crippen molar-refractivity contribution in [1.29, 1.82) is 0 Å². The van der Waals surface area contributed by atoms with E-state index >= 15 is 0 Å². The smallest absolute Gasteiger partial charge is 0.246 e. The van der Waals surface area contributed by atoms with Crippen LogP contribution in [0.5, 0.6) is 11.5 Å². The van der Waals surface area contributed by atoms with Crippen LogP contribution in [0.1, 0.15) is 5.89 Å². The Morgan fingerprint density at radius 1 is 1.09 bits per heavy atom. The minimum absolute atomic E-state index is 0.000528. The molecule has 2 aromatic carbocycles. The molecule has 0 N–H and O–H groups in total. The van der Waals surface area contributed by atoms with Crippen LogP contribution in [0.4, 0.5) is 0 Å². The van der Waals surface area contributed by atoms with Crippen molar-refractivity contribution in [3.63, 3.8) is 0 Å². The van der Waals surface area contributed by atoms with E-state index in [-0.39, 0.29) is 23.1 Å². The molecule has 0 unspecified atom stereocenters. The molecule has 0 spiro atoms. The molecule has 1 amide bonds. The number of nitrogens with zero attached hydrogens (tertiary/aromatic N) is 4. The molecule has 3 aromatic rings. The summed E-state index contributed by atoms with van der Waals surface area (Å²) in [5.74, 6) is 0.682. The zero-order valence-corrected chi connectivity index (χ0v) is 20.1. The number of sulfonamides is 1. The van der Waals surface area contributed by atoms with E-state index in [9.17, 15) is 13.2 Å². The van der Waals surface area contributed by atoms with Crippen LogP contribution < -0.4 is 9.47 Å². The molecule has 3 rings (SSSR count). The molecule has 0 atom stereocenters. The van der Waals surface area contributed by atoms with Gasteiger partial charge in [0.1, 0.15) is 0 Å². The van der Waals surface area contributed by atoms with Gasteiger partial charge in [-0.1, -0.05) is 28.9 Å². The fourth-order valence-electron chi connectivity index (χ4n) is 2.92. The van der Waals surface area contributed by atoms with Gasteiger partial charge in [0.05, 0.1) is 37.2 Å². The fourth-order valence-corrected chi connectivity index (χ4v) is 4.27. The second kappa shape index (κ2) is 10.2. The molecule has 0 saturated heterocycles. The number of hydrogen-bond acceptors (Lipinski definition) is 8. The Hall–Kier alpha value is -3.15. The zero-order valence-electron chi connectivity index (χ0n) is 18.5. The number of aromatic nitrogens is 2. The minimum Gasteiger partial charge on any atom is -0.493 e. The Kier molecular flexibility index (Phi) is 7.57. The molecule has 33 heavy (non-hydrogen) atoms. The number of likely N-dealkylation sites (N-methyl/N-ethyl adjacent to an activating group) is 2. The zero-order chi connectivity index (χ0) is 24.2. The maximum atomic E-state index is 12.9. The summed E-state index contributed by atoms with van der Waals surface area (Å²) < 4.78 is 42.3. The SMILES string of the molecule is COc1ccc(S(=O)(=O)N(C)CC(=O)N(C)Cc2nc(-c3ccccc3Cl)no2)cc1OC. The number of carbonyl (C=O) groups excluding carboxylic acids is 1. The third-order valence-corrected chi connectivity index (χ3v) is 6.93. The summed E-state index contributed by atoms with van der Waals surface area (Å²) in [7, 11) is 1.74. The number of carbonyl (C=O) groups is 1. The molecule has 0 bridgehead atoms. The molecule has 12 heteroatoms. The van der Waals surface area contributed by atoms with Crippen molar-refractivity contribution in [3.05, 3.63) is 53.4 Å². The Morgan fingerprint density at radius 3 is 2.45 bits per heavy atom. The lowest BCUT2D eigenvalue weighted by atomic mass is 10.2. The van der Waals surface area contributed by atoms with Crippen LogP contribution in [0, 0.1) is 0 Å². The number of amides is 1. The summed E-state index contributed by atoms with van der Waals surface area (Å²) >= 11 is 6.15. The molecule has 0 radical (unpaired) electrons. The van der Waals surface area contributed by atoms with Crippen LogP contribution >= 0.6 is 11.6 Å². The lowest BCUT2D eigenvalue weighted by Crippen LogP contribution is -2.39. The van der Waals surface area contributed by atoms with E-state index in [4.69, 9.17) is 25.6 Å². The van der Waals surface area contributed by atoms with E-state index < -0.39 is 22.5 Å². The predicted molar refractivity (Wildman–Crippen MR) is 121 cm³/mol. The first kappa shape index (κ1) is 24.5. The maximum absolute atomic E-state index is 12.9. The number of methoxy groups -OCH3 is 2. The average molecular weight is 495 g/mol. The molecular weight excluding hydrogens is 472 g/mol. The van der Waals surface area contributed by atoms with Crippen molar-refractivity contribution in [2.45, 2.75) is 11.4 Å². The van der Waals surface area contributed by atoms with Gasteiger partial charge in [-0.3, -0.25) is 4.79 Å². The van der Waals surface area contributed by atoms with Crippen LogP contribution in [-0.4, -0.2) is 68.5 Å². The first-order chi connectivity index (χ1) is 15.7. The highest BCUT2D eigenvalue weighted by molar-refractivity contribution is 7.89. The van der Waals surface area contributed by atoms with E-state index in [0.717, 1.165) is 4.31 Å². The van der Waals surface area contributed by atoms with Crippen molar-refractivity contribution in [2.24, 2.45) is 0 Å². The molecule has 10 nitrogen and oxygen atoms in total. The number of ether oxygens (including phenoxy) is 2. The van der Waals surface area contributed by atoms with Crippen molar-refractivity contribution < 1.29 is 27.2 Å². The van der Waals surface area contributed by atoms with Gasteiger partial charge in [-0.25, -0.2) is 8.42 Å². The third-order valence-electron chi connectivity index (χ3n) is 4.80. The van der Waals surface area contributed by atoms with E-state index in [1.807, 2.05) is 0 Å². The summed E-state index contributed by atoms with van der Waals surface area (Å²) in [6, 6.07) is 11.2. The summed E-state index contributed by atoms with van der Waals surface area (Å²) in [5, 5.41) is 4.36. The molecule has 0 aliphatic carbocycles. The second-order valence-corrected chi connectivity index (χ2v) is 9.47. The molecule has 0 fully saturated rings. The van der Waals surface area contributed by atoms with Crippen LogP contribution in [0.2, 0.25) is 5.02 Å². The molecule has 176 valence electrons. The molecule has 0 saturated carbocycles. The van der Waals surface area contributed by atoms with Gasteiger partial charge >= 0.3 is 0 Å². The monoisotopic (exact) mass is 494 g/mol. The summed E-state index contributed by atoms with van der Waals surface area (Å²) in [6.45, 7) is -0.390. The van der Waals surface area contributed by atoms with Crippen LogP contribution in [0.3, 0.4) is 0 Å². The Morgan fingerprint density at radius 2 is 1.79 bits per heavy atom. The highest BCUT2D eigenvalue weighted by Gasteiger charge is 2.26. The quantitative estimate of drug-likeness (QED) is 0.446. The van der Waals surface area contributed by atoms with Gasteiger partial charge < -0.3 is 18.9 Å². The van der Waals surface area contributed by atoms with Gasteiger partial charge in [-0.2, -0.15) is 9.29 Å². The summed E-state index contributed by atoms with van der Waals surface area (Å²) in [4.78, 5) is 18.2. The topological polar surface area (TPSA) is 115 Å². The van der Waals surface area contributed by atoms with E-state index in [1.54, 1.807) is 24.3 Å². The molecule has 1 heterocycles. The Balaban J connectivity index is 1.68. The largest absolute Gasteiger partial charge is 0.493 e. The van der Waals surface area contributed by atoms with Gasteiger partial charge in [-0.15, -0.1) is 0 Å². The van der Waals surface area contributed by atoms with Crippen LogP contribution in [-0.2, 0) is 21.4 Å². The van der Waals surface area contributed by atoms with Crippen LogP contribution in [0.25, 0.3) is 11.4 Å². The van der Waals surface area contributed by atoms with E-state index in [0.29, 0.717) is 22.2 Å². The van der Waals surface area contributed by atoms with Crippen molar-refractivity contribution >= 4 is 27.5 Å². The Labute approximate surface area is 196 Å². The lowest BCUT2D eigenvalue weighted by molar-refractivity contribution is -0.130. The van der Waals surface area contributed by atoms with Gasteiger partial charge in [-0.05, 0) is 24.3 Å². The van der Waals surface area contributed by atoms with E-state index in [2.05, 4.69) is 10.1 Å². The minimum atomic E-state index is -3.95. The van der Waals surface area contributed by atoms with Gasteiger partial charge in [0.2, 0.25) is 27.6 Å². The molecule has 0 aliphatic rings. The average Bonchev–Trinajstić information content (AvgIpc) is 3.26. The third kappa shape index (κ3) is 5.44. The molecule has 1 aromatic heterocycles. The van der Waals surface area contributed by atoms with Gasteiger partial charge in [0.25, 0.3) is 0 Å². The number of rotatable bonds is 9. The highest BCUT2D eigenvalue weighted by atomic mass is 35.5. The normalized spacial score (nSPS) is 11.5. The molecular formula is C21H23ClN4O6S. The van der Waals surface area contributed by atoms with Crippen molar-refractivity contribution in [2.75, 3.05) is 34.9 Å².